The van der Waals surface area contributed by atoms with E-state index in [4.69, 9.17) is 12.2 Å². The molecule has 0 radical (unpaired) electrons. The van der Waals surface area contributed by atoms with Gasteiger partial charge in [-0.3, -0.25) is 0 Å². The molecule has 0 heterocycles. The number of isothiocyanates is 1. The van der Waals surface area contributed by atoms with Crippen molar-refractivity contribution in [3.63, 3.8) is 0 Å². The van der Waals surface area contributed by atoms with Crippen molar-refractivity contribution in [2.45, 2.75) is 77.3 Å². The lowest BCUT2D eigenvalue weighted by Gasteiger charge is -2.63. The van der Waals surface area contributed by atoms with E-state index in [2.05, 4.69) is 56.8 Å². The van der Waals surface area contributed by atoms with Crippen molar-refractivity contribution in [1.29, 1.82) is 0 Å². The van der Waals surface area contributed by atoms with E-state index in [1.165, 1.54) is 37.7 Å². The van der Waals surface area contributed by atoms with Crippen LogP contribution in [0, 0.1) is 35.5 Å². The highest BCUT2D eigenvalue weighted by molar-refractivity contribution is 7.78. The van der Waals surface area contributed by atoms with Gasteiger partial charge in [0.1, 0.15) is 0 Å². The number of nitrogens with one attached hydrogen (secondary N) is 1. The van der Waals surface area contributed by atoms with Crippen molar-refractivity contribution in [3.05, 3.63) is 12.2 Å². The Morgan fingerprint density at radius 3 is 2.72 bits per heavy atom. The van der Waals surface area contributed by atoms with E-state index in [0.29, 0.717) is 17.4 Å². The summed E-state index contributed by atoms with van der Waals surface area (Å²) in [6, 6.07) is 0. The molecule has 0 amide bonds. The van der Waals surface area contributed by atoms with Crippen LogP contribution in [0.15, 0.2) is 17.1 Å². The molecule has 0 spiro atoms. The number of thiocarbonyl (C=S) groups is 1. The largest absolute Gasteiger partial charge is 0.314 e. The summed E-state index contributed by atoms with van der Waals surface area (Å²) in [4.78, 5) is 4.48. The summed E-state index contributed by atoms with van der Waals surface area (Å²) in [6.07, 6.45) is 7.63. The van der Waals surface area contributed by atoms with Gasteiger partial charge in [0.2, 0.25) is 0 Å². The summed E-state index contributed by atoms with van der Waals surface area (Å²) in [5.74, 6) is 4.45. The standard InChI is InChI=1S/C22H36N2S/c1-14-9-10-22(23-6)16(3)7-8-18-15(2)11-17(19(14)20(18)22)12-21(4,5)24-13-25/h15-20,23H,1,7-12H2,2-6H3. The van der Waals surface area contributed by atoms with Crippen molar-refractivity contribution in [2.75, 3.05) is 7.05 Å². The topological polar surface area (TPSA) is 24.4 Å². The molecule has 3 heteroatoms. The Labute approximate surface area is 159 Å². The van der Waals surface area contributed by atoms with Crippen LogP contribution < -0.4 is 5.32 Å². The molecule has 3 saturated carbocycles. The molecule has 0 aliphatic heterocycles. The second kappa shape index (κ2) is 6.91. The zero-order chi connectivity index (χ0) is 18.4. The van der Waals surface area contributed by atoms with Gasteiger partial charge in [-0.25, -0.2) is 4.99 Å². The highest BCUT2D eigenvalue weighted by Crippen LogP contribution is 2.61. The van der Waals surface area contributed by atoms with Gasteiger partial charge in [-0.15, -0.1) is 0 Å². The lowest BCUT2D eigenvalue weighted by Crippen LogP contribution is -2.66. The smallest absolute Gasteiger partial charge is 0.0657 e. The summed E-state index contributed by atoms with van der Waals surface area (Å²) in [7, 11) is 2.21. The second-order valence-corrected chi connectivity index (χ2v) is 10.0. The van der Waals surface area contributed by atoms with Crippen molar-refractivity contribution in [3.8, 4) is 0 Å². The molecule has 140 valence electrons. The third kappa shape index (κ3) is 3.17. The number of hydrogen-bond acceptors (Lipinski definition) is 3. The molecule has 3 rings (SSSR count). The van der Waals surface area contributed by atoms with E-state index in [0.717, 1.165) is 30.1 Å². The van der Waals surface area contributed by atoms with Crippen molar-refractivity contribution in [2.24, 2.45) is 40.5 Å². The van der Waals surface area contributed by atoms with Gasteiger partial charge in [0.15, 0.2) is 0 Å². The fourth-order valence-corrected chi connectivity index (χ4v) is 7.25. The van der Waals surface area contributed by atoms with Crippen LogP contribution in [0.3, 0.4) is 0 Å². The molecule has 7 unspecified atom stereocenters. The Hall–Kier alpha value is -0.500. The predicted octanol–water partition coefficient (Wildman–Crippen LogP) is 5.50. The van der Waals surface area contributed by atoms with Gasteiger partial charge < -0.3 is 5.32 Å². The Balaban J connectivity index is 1.99. The van der Waals surface area contributed by atoms with Crippen LogP contribution in [-0.2, 0) is 0 Å². The first-order valence-electron chi connectivity index (χ1n) is 10.2. The summed E-state index contributed by atoms with van der Waals surface area (Å²) in [6.45, 7) is 14.0. The number of hydrogen-bond donors (Lipinski definition) is 1. The molecule has 1 N–H and O–H groups in total. The van der Waals surface area contributed by atoms with Crippen LogP contribution in [0.1, 0.15) is 66.2 Å². The zero-order valence-corrected chi connectivity index (χ0v) is 17.6. The average Bonchev–Trinajstić information content (AvgIpc) is 2.54. The number of nitrogens with zero attached hydrogens (tertiary/aromatic N) is 1. The number of aliphatic imine (C=N–C) groups is 1. The van der Waals surface area contributed by atoms with Gasteiger partial charge >= 0.3 is 0 Å². The van der Waals surface area contributed by atoms with Crippen molar-refractivity contribution < 1.29 is 0 Å². The van der Waals surface area contributed by atoms with E-state index in [-0.39, 0.29) is 5.54 Å². The first-order valence-corrected chi connectivity index (χ1v) is 10.6. The quantitative estimate of drug-likeness (QED) is 0.407. The Kier molecular flexibility index (Phi) is 5.32. The van der Waals surface area contributed by atoms with Crippen LogP contribution >= 0.6 is 12.2 Å². The molecule has 0 aromatic carbocycles. The Bertz CT molecular complexity index is 577. The molecule has 3 fully saturated rings. The van der Waals surface area contributed by atoms with Crippen LogP contribution in [0.5, 0.6) is 0 Å². The van der Waals surface area contributed by atoms with E-state index in [9.17, 15) is 0 Å². The molecular formula is C22H36N2S. The van der Waals surface area contributed by atoms with Crippen molar-refractivity contribution in [1.82, 2.24) is 5.32 Å². The third-order valence-electron chi connectivity index (χ3n) is 8.08. The van der Waals surface area contributed by atoms with Crippen LogP contribution in [-0.4, -0.2) is 23.3 Å². The fraction of sp³-hybridized carbons (Fsp3) is 0.864. The van der Waals surface area contributed by atoms with Crippen LogP contribution in [0.2, 0.25) is 0 Å². The summed E-state index contributed by atoms with van der Waals surface area (Å²) < 4.78 is 0. The van der Waals surface area contributed by atoms with Crippen LogP contribution in [0.4, 0.5) is 0 Å². The minimum atomic E-state index is -0.112. The third-order valence-corrected chi connectivity index (χ3v) is 8.17. The second-order valence-electron chi connectivity index (χ2n) is 9.84. The SMILES string of the molecule is C=C1CCC2(NC)C(C)CCC3C(C)CC(CC(C)(C)N=C=S)C1C32. The fourth-order valence-electron chi connectivity index (χ4n) is 7.00. The first kappa shape index (κ1) is 19.3. The molecule has 0 aromatic heterocycles. The Morgan fingerprint density at radius 2 is 2.08 bits per heavy atom. The van der Waals surface area contributed by atoms with Gasteiger partial charge in [0, 0.05) is 5.54 Å². The van der Waals surface area contributed by atoms with Gasteiger partial charge in [-0.1, -0.05) is 26.0 Å². The average molecular weight is 361 g/mol. The highest BCUT2D eigenvalue weighted by atomic mass is 32.1. The molecule has 7 atom stereocenters. The Morgan fingerprint density at radius 1 is 1.36 bits per heavy atom. The molecule has 25 heavy (non-hydrogen) atoms. The molecule has 0 saturated heterocycles. The van der Waals surface area contributed by atoms with E-state index >= 15 is 0 Å². The maximum Gasteiger partial charge on any atom is 0.0657 e. The lowest BCUT2D eigenvalue weighted by molar-refractivity contribution is -0.0841. The van der Waals surface area contributed by atoms with E-state index in [1.807, 2.05) is 0 Å². The number of allylic oxidation sites excluding steroid dienone is 1. The van der Waals surface area contributed by atoms with Gasteiger partial charge in [-0.2, -0.15) is 0 Å². The summed E-state index contributed by atoms with van der Waals surface area (Å²) in [5.41, 5.74) is 1.70. The molecule has 3 aliphatic rings. The zero-order valence-electron chi connectivity index (χ0n) is 16.8. The minimum Gasteiger partial charge on any atom is -0.314 e. The maximum atomic E-state index is 4.90. The van der Waals surface area contributed by atoms with Crippen molar-refractivity contribution >= 4 is 17.4 Å². The monoisotopic (exact) mass is 360 g/mol. The molecule has 3 aliphatic carbocycles. The molecule has 0 bridgehead atoms. The predicted molar refractivity (Wildman–Crippen MR) is 110 cm³/mol. The molecular weight excluding hydrogens is 324 g/mol. The normalized spacial score (nSPS) is 44.0. The molecule has 2 nitrogen and oxygen atoms in total. The summed E-state index contributed by atoms with van der Waals surface area (Å²) in [5, 5.41) is 6.49. The van der Waals surface area contributed by atoms with Gasteiger partial charge in [0.05, 0.1) is 10.7 Å². The summed E-state index contributed by atoms with van der Waals surface area (Å²) >= 11 is 4.90. The maximum absolute atomic E-state index is 4.90. The first-order chi connectivity index (χ1) is 11.8. The van der Waals surface area contributed by atoms with Crippen LogP contribution in [0.25, 0.3) is 0 Å². The van der Waals surface area contributed by atoms with E-state index in [1.54, 1.807) is 0 Å². The van der Waals surface area contributed by atoms with E-state index < -0.39 is 0 Å². The highest BCUT2D eigenvalue weighted by Gasteiger charge is 2.59. The number of rotatable bonds is 4. The molecule has 0 aromatic rings. The minimum absolute atomic E-state index is 0.112. The van der Waals surface area contributed by atoms with Gasteiger partial charge in [0.25, 0.3) is 0 Å². The van der Waals surface area contributed by atoms with Gasteiger partial charge in [-0.05, 0) is 107 Å². The lowest BCUT2D eigenvalue weighted by atomic mass is 9.44.